The average Bonchev–Trinajstić information content (AvgIpc) is 2.98. The zero-order chi connectivity index (χ0) is 17.7. The highest BCUT2D eigenvalue weighted by Crippen LogP contribution is 2.28. The van der Waals surface area contributed by atoms with Crippen LogP contribution in [0.5, 0.6) is 0 Å². The smallest absolute Gasteiger partial charge is 0.210 e. The molecule has 0 radical (unpaired) electrons. The second kappa shape index (κ2) is 7.51. The Balaban J connectivity index is 0.000000198. The number of H-pyrrole nitrogens is 1. The van der Waals surface area contributed by atoms with Crippen LogP contribution in [0.2, 0.25) is 0 Å². The van der Waals surface area contributed by atoms with Gasteiger partial charge in [0, 0.05) is 48.9 Å². The molecule has 0 bridgehead atoms. The van der Waals surface area contributed by atoms with Gasteiger partial charge in [-0.1, -0.05) is 32.9 Å². The molecule has 24 heavy (non-hydrogen) atoms. The highest BCUT2D eigenvalue weighted by atomic mass is 16.1. The fraction of sp³-hybridized carbons (Fsp3) is 0.474. The molecule has 130 valence electrons. The number of aromatic nitrogens is 2. The van der Waals surface area contributed by atoms with E-state index >= 15 is 0 Å². The lowest BCUT2D eigenvalue weighted by Crippen LogP contribution is -2.30. The van der Waals surface area contributed by atoms with Gasteiger partial charge in [-0.3, -0.25) is 9.89 Å². The van der Waals surface area contributed by atoms with Crippen LogP contribution in [0.15, 0.2) is 24.3 Å². The molecule has 0 spiro atoms. The lowest BCUT2D eigenvalue weighted by atomic mass is 9.87. The Labute approximate surface area is 144 Å². The first-order valence-electron chi connectivity index (χ1n) is 8.35. The molecule has 1 amide bonds. The highest BCUT2D eigenvalue weighted by molar-refractivity contribution is 5.49. The summed E-state index contributed by atoms with van der Waals surface area (Å²) in [5.74, 6) is 0. The maximum atomic E-state index is 10.7. The third kappa shape index (κ3) is 4.37. The van der Waals surface area contributed by atoms with Crippen molar-refractivity contribution in [2.75, 3.05) is 18.9 Å². The quantitative estimate of drug-likeness (QED) is 0.832. The van der Waals surface area contributed by atoms with Crippen LogP contribution >= 0.6 is 0 Å². The number of nitrogens with one attached hydrogen (secondary N) is 2. The van der Waals surface area contributed by atoms with Crippen molar-refractivity contribution in [3.05, 3.63) is 46.8 Å². The third-order valence-corrected chi connectivity index (χ3v) is 4.13. The summed E-state index contributed by atoms with van der Waals surface area (Å²) in [7, 11) is 1.93. The van der Waals surface area contributed by atoms with Gasteiger partial charge in [0.2, 0.25) is 6.41 Å². The van der Waals surface area contributed by atoms with E-state index in [1.54, 1.807) is 4.90 Å². The molecule has 2 aromatic rings. The van der Waals surface area contributed by atoms with Crippen LogP contribution in [-0.4, -0.2) is 35.1 Å². The lowest BCUT2D eigenvalue weighted by molar-refractivity contribution is -0.118. The molecule has 1 aliphatic heterocycles. The molecule has 2 heterocycles. The Kier molecular flexibility index (Phi) is 5.65. The number of anilines is 1. The van der Waals surface area contributed by atoms with E-state index in [1.807, 2.05) is 19.2 Å². The summed E-state index contributed by atoms with van der Waals surface area (Å²) in [6, 6.07) is 8.29. The Morgan fingerprint density at radius 1 is 1.33 bits per heavy atom. The Morgan fingerprint density at radius 2 is 2.08 bits per heavy atom. The zero-order valence-electron chi connectivity index (χ0n) is 15.3. The van der Waals surface area contributed by atoms with Gasteiger partial charge in [-0.2, -0.15) is 5.10 Å². The molecule has 2 N–H and O–H groups in total. The largest absolute Gasteiger partial charge is 0.388 e. The topological polar surface area (TPSA) is 61.0 Å². The van der Waals surface area contributed by atoms with Crippen molar-refractivity contribution >= 4 is 12.1 Å². The molecular weight excluding hydrogens is 300 g/mol. The van der Waals surface area contributed by atoms with Crippen LogP contribution in [0.4, 0.5) is 5.69 Å². The van der Waals surface area contributed by atoms with Crippen molar-refractivity contribution < 1.29 is 4.79 Å². The molecular formula is C19H28N4O. The van der Waals surface area contributed by atoms with Gasteiger partial charge in [0.05, 0.1) is 5.69 Å². The summed E-state index contributed by atoms with van der Waals surface area (Å²) in [6.07, 6.45) is 1.81. The van der Waals surface area contributed by atoms with Crippen molar-refractivity contribution in [3.63, 3.8) is 0 Å². The molecule has 0 saturated heterocycles. The van der Waals surface area contributed by atoms with Gasteiger partial charge >= 0.3 is 0 Å². The first-order chi connectivity index (χ1) is 11.3. The fourth-order valence-electron chi connectivity index (χ4n) is 2.83. The average molecular weight is 328 g/mol. The van der Waals surface area contributed by atoms with Gasteiger partial charge in [-0.15, -0.1) is 0 Å². The van der Waals surface area contributed by atoms with Gasteiger partial charge in [-0.05, 0) is 24.6 Å². The molecule has 5 heteroatoms. The summed E-state index contributed by atoms with van der Waals surface area (Å²) >= 11 is 0. The number of nitrogens with zero attached hydrogens (tertiary/aromatic N) is 2. The zero-order valence-corrected chi connectivity index (χ0v) is 15.3. The molecule has 0 atom stereocenters. The Bertz CT molecular complexity index is 685. The summed E-state index contributed by atoms with van der Waals surface area (Å²) in [4.78, 5) is 12.5. The summed E-state index contributed by atoms with van der Waals surface area (Å²) in [5.41, 5.74) is 6.00. The van der Waals surface area contributed by atoms with Crippen LogP contribution in [0.1, 0.15) is 43.3 Å². The first-order valence-corrected chi connectivity index (χ1v) is 8.35. The lowest BCUT2D eigenvalue weighted by Gasteiger charge is -2.25. The molecule has 1 aliphatic rings. The van der Waals surface area contributed by atoms with Crippen molar-refractivity contribution in [2.24, 2.45) is 0 Å². The SMILES string of the molecule is CC(C)(C)c1n[nH]c2c1CN(C=O)CC2.CNc1cccc(C)c1. The van der Waals surface area contributed by atoms with Crippen LogP contribution < -0.4 is 5.32 Å². The van der Waals surface area contributed by atoms with Gasteiger partial charge in [0.25, 0.3) is 0 Å². The van der Waals surface area contributed by atoms with Crippen LogP contribution in [0.3, 0.4) is 0 Å². The number of fused-ring (bicyclic) bond motifs is 1. The fourth-order valence-corrected chi connectivity index (χ4v) is 2.83. The maximum absolute atomic E-state index is 10.7. The monoisotopic (exact) mass is 328 g/mol. The molecule has 0 unspecified atom stereocenters. The molecule has 3 rings (SSSR count). The van der Waals surface area contributed by atoms with E-state index in [9.17, 15) is 4.79 Å². The number of hydrogen-bond donors (Lipinski definition) is 2. The molecule has 0 fully saturated rings. The van der Waals surface area contributed by atoms with E-state index in [-0.39, 0.29) is 5.41 Å². The number of amides is 1. The number of carbonyl (C=O) groups is 1. The van der Waals surface area contributed by atoms with Gasteiger partial charge in [-0.25, -0.2) is 0 Å². The third-order valence-electron chi connectivity index (χ3n) is 4.13. The predicted octanol–water partition coefficient (Wildman–Crippen LogP) is 3.26. The highest BCUT2D eigenvalue weighted by Gasteiger charge is 2.27. The van der Waals surface area contributed by atoms with E-state index in [1.165, 1.54) is 22.5 Å². The van der Waals surface area contributed by atoms with Crippen LogP contribution in [-0.2, 0) is 23.2 Å². The Hall–Kier alpha value is -2.30. The summed E-state index contributed by atoms with van der Waals surface area (Å²) < 4.78 is 0. The molecule has 1 aromatic heterocycles. The second-order valence-electron chi connectivity index (χ2n) is 7.22. The molecule has 0 aliphatic carbocycles. The normalized spacial score (nSPS) is 13.6. The number of aromatic amines is 1. The maximum Gasteiger partial charge on any atom is 0.210 e. The molecule has 5 nitrogen and oxygen atoms in total. The van der Waals surface area contributed by atoms with Gasteiger partial charge < -0.3 is 10.2 Å². The van der Waals surface area contributed by atoms with Gasteiger partial charge in [0.1, 0.15) is 0 Å². The summed E-state index contributed by atoms with van der Waals surface area (Å²) in [6.45, 7) is 10.0. The Morgan fingerprint density at radius 3 is 2.62 bits per heavy atom. The number of hydrogen-bond acceptors (Lipinski definition) is 3. The van der Waals surface area contributed by atoms with Gasteiger partial charge in [0.15, 0.2) is 0 Å². The molecule has 0 saturated carbocycles. The van der Waals surface area contributed by atoms with Crippen molar-refractivity contribution in [1.29, 1.82) is 0 Å². The van der Waals surface area contributed by atoms with E-state index in [0.29, 0.717) is 6.54 Å². The minimum atomic E-state index is 0.0377. The van der Waals surface area contributed by atoms with Crippen molar-refractivity contribution in [1.82, 2.24) is 15.1 Å². The number of carbonyl (C=O) groups excluding carboxylic acids is 1. The minimum Gasteiger partial charge on any atom is -0.388 e. The predicted molar refractivity (Wildman–Crippen MR) is 98.2 cm³/mol. The van der Waals surface area contributed by atoms with E-state index in [0.717, 1.165) is 25.1 Å². The van der Waals surface area contributed by atoms with Crippen LogP contribution in [0.25, 0.3) is 0 Å². The van der Waals surface area contributed by atoms with Crippen LogP contribution in [0, 0.1) is 6.92 Å². The minimum absolute atomic E-state index is 0.0377. The van der Waals surface area contributed by atoms with E-state index in [2.05, 4.69) is 55.3 Å². The van der Waals surface area contributed by atoms with Crippen molar-refractivity contribution in [3.8, 4) is 0 Å². The van der Waals surface area contributed by atoms with E-state index in [4.69, 9.17) is 0 Å². The number of rotatable bonds is 2. The van der Waals surface area contributed by atoms with E-state index < -0.39 is 0 Å². The second-order valence-corrected chi connectivity index (χ2v) is 7.22. The standard InChI is InChI=1S/C11H17N3O.C8H11N/c1-11(2,3)10-8-6-14(7-15)5-4-9(8)12-13-10;1-7-4-3-5-8(6-7)9-2/h7H,4-6H2,1-3H3,(H,12,13);3-6,9H,1-2H3. The molecule has 1 aromatic carbocycles. The number of benzene rings is 1. The number of aryl methyl sites for hydroxylation is 1. The summed E-state index contributed by atoms with van der Waals surface area (Å²) in [5, 5.41) is 10.5. The van der Waals surface area contributed by atoms with Crippen molar-refractivity contribution in [2.45, 2.75) is 46.1 Å². The first kappa shape index (κ1) is 18.0.